The van der Waals surface area contributed by atoms with Crippen molar-refractivity contribution in [2.75, 3.05) is 19.8 Å². The van der Waals surface area contributed by atoms with Crippen LogP contribution in [0.5, 0.6) is 17.2 Å². The van der Waals surface area contributed by atoms with Gasteiger partial charge in [0.05, 0.1) is 23.9 Å². The minimum Gasteiger partial charge on any atom is -0.494 e. The number of nitrogens with one attached hydrogen (secondary N) is 1. The Balaban J connectivity index is 2.05. The summed E-state index contributed by atoms with van der Waals surface area (Å²) in [6.45, 7) is 4.31. The molecule has 0 bridgehead atoms. The lowest BCUT2D eigenvalue weighted by atomic mass is 10.2. The number of carbonyl (C=O) groups is 2. The summed E-state index contributed by atoms with van der Waals surface area (Å²) in [7, 11) is 0. The molecule has 2 aromatic carbocycles. The van der Waals surface area contributed by atoms with E-state index in [1.165, 1.54) is 6.21 Å². The van der Waals surface area contributed by atoms with E-state index in [2.05, 4.69) is 26.5 Å². The van der Waals surface area contributed by atoms with E-state index < -0.39 is 12.6 Å². The Morgan fingerprint density at radius 1 is 1.13 bits per heavy atom. The highest BCUT2D eigenvalue weighted by molar-refractivity contribution is 9.10. The molecule has 0 atom stereocenters. The number of hydrogen-bond acceptors (Lipinski definition) is 6. The molecule has 1 amide bonds. The lowest BCUT2D eigenvalue weighted by molar-refractivity contribution is -0.139. The molecule has 0 spiro atoms. The molecule has 0 heterocycles. The van der Waals surface area contributed by atoms with Crippen LogP contribution in [0.3, 0.4) is 0 Å². The molecule has 0 fully saturated rings. The van der Waals surface area contributed by atoms with Gasteiger partial charge in [-0.3, -0.25) is 4.79 Å². The maximum absolute atomic E-state index is 12.2. The zero-order valence-corrected chi connectivity index (χ0v) is 18.3. The molecule has 8 nitrogen and oxygen atoms in total. The maximum atomic E-state index is 12.2. The quantitative estimate of drug-likeness (QED) is 0.375. The molecule has 30 heavy (non-hydrogen) atoms. The smallest absolute Gasteiger partial charge is 0.341 e. The molecule has 2 rings (SSSR count). The van der Waals surface area contributed by atoms with Gasteiger partial charge >= 0.3 is 5.97 Å². The third-order valence-corrected chi connectivity index (χ3v) is 4.23. The van der Waals surface area contributed by atoms with Crippen molar-refractivity contribution in [2.24, 2.45) is 5.10 Å². The van der Waals surface area contributed by atoms with Gasteiger partial charge in [0.2, 0.25) is 0 Å². The van der Waals surface area contributed by atoms with E-state index in [4.69, 9.17) is 19.3 Å². The van der Waals surface area contributed by atoms with Gasteiger partial charge in [-0.05, 0) is 71.2 Å². The maximum Gasteiger partial charge on any atom is 0.341 e. The number of carboxylic acid groups (broad SMARTS) is 1. The number of halogens is 1. The molecule has 0 saturated heterocycles. The van der Waals surface area contributed by atoms with E-state index in [0.717, 1.165) is 6.42 Å². The highest BCUT2D eigenvalue weighted by Crippen LogP contribution is 2.36. The van der Waals surface area contributed by atoms with Gasteiger partial charge in [-0.1, -0.05) is 6.92 Å². The molecule has 9 heteroatoms. The van der Waals surface area contributed by atoms with Crippen molar-refractivity contribution < 1.29 is 28.9 Å². The van der Waals surface area contributed by atoms with Crippen molar-refractivity contribution in [3.05, 3.63) is 52.0 Å². The number of amides is 1. The summed E-state index contributed by atoms with van der Waals surface area (Å²) in [5.41, 5.74) is 3.53. The van der Waals surface area contributed by atoms with E-state index in [1.54, 1.807) is 43.3 Å². The second-order valence-electron chi connectivity index (χ2n) is 6.02. The Morgan fingerprint density at radius 2 is 1.87 bits per heavy atom. The van der Waals surface area contributed by atoms with Crippen LogP contribution in [0.2, 0.25) is 0 Å². The highest BCUT2D eigenvalue weighted by Gasteiger charge is 2.13. The molecule has 0 aliphatic carbocycles. The summed E-state index contributed by atoms with van der Waals surface area (Å²) >= 11 is 3.34. The monoisotopic (exact) mass is 478 g/mol. The third-order valence-electron chi connectivity index (χ3n) is 3.64. The third kappa shape index (κ3) is 7.07. The minimum atomic E-state index is -1.09. The normalized spacial score (nSPS) is 10.6. The van der Waals surface area contributed by atoms with Gasteiger partial charge < -0.3 is 19.3 Å². The lowest BCUT2D eigenvalue weighted by Crippen LogP contribution is -2.17. The summed E-state index contributed by atoms with van der Waals surface area (Å²) in [6.07, 6.45) is 2.36. The Bertz CT molecular complexity index is 899. The summed E-state index contributed by atoms with van der Waals surface area (Å²) in [5, 5.41) is 12.8. The SMILES string of the molecule is CCCOc1ccc(C(=O)N/N=C\c2cc(Br)c(OCC(=O)O)c(OCC)c2)cc1. The fraction of sp³-hybridized carbons (Fsp3) is 0.286. The van der Waals surface area contributed by atoms with E-state index in [1.807, 2.05) is 6.92 Å². The zero-order valence-electron chi connectivity index (χ0n) is 16.7. The second kappa shape index (κ2) is 11.8. The largest absolute Gasteiger partial charge is 0.494 e. The van der Waals surface area contributed by atoms with Gasteiger partial charge in [0.25, 0.3) is 5.91 Å². The molecular weight excluding hydrogens is 456 g/mol. The number of hydrogen-bond donors (Lipinski definition) is 2. The molecule has 0 aliphatic rings. The zero-order chi connectivity index (χ0) is 21.9. The van der Waals surface area contributed by atoms with Gasteiger partial charge in [-0.15, -0.1) is 0 Å². The molecule has 0 aliphatic heterocycles. The predicted molar refractivity (Wildman–Crippen MR) is 116 cm³/mol. The van der Waals surface area contributed by atoms with Gasteiger partial charge in [0.1, 0.15) is 5.75 Å². The first kappa shape index (κ1) is 23.2. The fourth-order valence-corrected chi connectivity index (χ4v) is 2.93. The van der Waals surface area contributed by atoms with Crippen molar-refractivity contribution >= 4 is 34.0 Å². The Morgan fingerprint density at radius 3 is 2.50 bits per heavy atom. The molecule has 2 aromatic rings. The Kier molecular flexibility index (Phi) is 9.14. The number of nitrogens with zero attached hydrogens (tertiary/aromatic N) is 1. The van der Waals surface area contributed by atoms with Crippen LogP contribution in [0.1, 0.15) is 36.2 Å². The van der Waals surface area contributed by atoms with Crippen LogP contribution in [0, 0.1) is 0 Å². The first-order valence-electron chi connectivity index (χ1n) is 9.31. The van der Waals surface area contributed by atoms with Crippen molar-refractivity contribution in [1.29, 1.82) is 0 Å². The standard InChI is InChI=1S/C21H23BrN2O6/c1-3-9-29-16-7-5-15(6-8-16)21(27)24-23-12-14-10-17(22)20(30-13-19(25)26)18(11-14)28-4-2/h5-8,10-12H,3-4,9,13H2,1-2H3,(H,24,27)(H,25,26)/b23-12-. The van der Waals surface area contributed by atoms with E-state index >= 15 is 0 Å². The van der Waals surface area contributed by atoms with Crippen LogP contribution < -0.4 is 19.6 Å². The van der Waals surface area contributed by atoms with E-state index in [-0.39, 0.29) is 11.7 Å². The van der Waals surface area contributed by atoms with Gasteiger partial charge in [0.15, 0.2) is 18.1 Å². The fourth-order valence-electron chi connectivity index (χ4n) is 2.35. The molecule has 0 aromatic heterocycles. The van der Waals surface area contributed by atoms with Gasteiger partial charge in [-0.25, -0.2) is 10.2 Å². The number of carboxylic acids is 1. The number of hydrazone groups is 1. The number of aliphatic carboxylic acids is 1. The number of rotatable bonds is 11. The first-order valence-corrected chi connectivity index (χ1v) is 10.1. The average molecular weight is 479 g/mol. The van der Waals surface area contributed by atoms with Gasteiger partial charge in [0, 0.05) is 5.56 Å². The lowest BCUT2D eigenvalue weighted by Gasteiger charge is -2.13. The molecule has 0 saturated carbocycles. The van der Waals surface area contributed by atoms with Crippen LogP contribution in [0.4, 0.5) is 0 Å². The second-order valence-corrected chi connectivity index (χ2v) is 6.87. The minimum absolute atomic E-state index is 0.283. The van der Waals surface area contributed by atoms with Crippen LogP contribution in [-0.2, 0) is 4.79 Å². The number of ether oxygens (including phenoxy) is 3. The average Bonchev–Trinajstić information content (AvgIpc) is 2.72. The predicted octanol–water partition coefficient (Wildman–Crippen LogP) is 3.86. The molecule has 0 radical (unpaired) electrons. The molecular formula is C21H23BrN2O6. The number of carbonyl (C=O) groups excluding carboxylic acids is 1. The summed E-state index contributed by atoms with van der Waals surface area (Å²) in [6, 6.07) is 10.1. The van der Waals surface area contributed by atoms with Crippen LogP contribution >= 0.6 is 15.9 Å². The van der Waals surface area contributed by atoms with Crippen molar-refractivity contribution in [1.82, 2.24) is 5.43 Å². The van der Waals surface area contributed by atoms with Crippen molar-refractivity contribution in [3.8, 4) is 17.2 Å². The van der Waals surface area contributed by atoms with Crippen LogP contribution in [0.25, 0.3) is 0 Å². The summed E-state index contributed by atoms with van der Waals surface area (Å²) in [4.78, 5) is 23.0. The Hall–Kier alpha value is -3.07. The highest BCUT2D eigenvalue weighted by atomic mass is 79.9. The topological polar surface area (TPSA) is 106 Å². The van der Waals surface area contributed by atoms with E-state index in [0.29, 0.717) is 40.3 Å². The first-order chi connectivity index (χ1) is 14.4. The van der Waals surface area contributed by atoms with E-state index in [9.17, 15) is 9.59 Å². The van der Waals surface area contributed by atoms with Gasteiger partial charge in [-0.2, -0.15) is 5.10 Å². The molecule has 0 unspecified atom stereocenters. The molecule has 160 valence electrons. The summed E-state index contributed by atoms with van der Waals surface area (Å²) in [5.74, 6) is -0.105. The van der Waals surface area contributed by atoms with Crippen LogP contribution in [-0.4, -0.2) is 43.0 Å². The van der Waals surface area contributed by atoms with Crippen LogP contribution in [0.15, 0.2) is 46.0 Å². The van der Waals surface area contributed by atoms with Crippen molar-refractivity contribution in [3.63, 3.8) is 0 Å². The van der Waals surface area contributed by atoms with Crippen molar-refractivity contribution in [2.45, 2.75) is 20.3 Å². The summed E-state index contributed by atoms with van der Waals surface area (Å²) < 4.78 is 16.8. The molecule has 2 N–H and O–H groups in total. The Labute approximate surface area is 183 Å². The number of benzene rings is 2.